The van der Waals surface area contributed by atoms with E-state index in [4.69, 9.17) is 4.74 Å². The van der Waals surface area contributed by atoms with Gasteiger partial charge < -0.3 is 10.1 Å². The molecular formula is C14H25N3O. The van der Waals surface area contributed by atoms with Crippen LogP contribution < -0.4 is 5.32 Å². The van der Waals surface area contributed by atoms with E-state index in [0.717, 1.165) is 38.4 Å². The molecule has 1 saturated heterocycles. The molecule has 1 aromatic rings. The zero-order valence-corrected chi connectivity index (χ0v) is 11.6. The van der Waals surface area contributed by atoms with Crippen molar-refractivity contribution in [2.24, 2.45) is 0 Å². The van der Waals surface area contributed by atoms with Gasteiger partial charge in [0.2, 0.25) is 0 Å². The molecule has 1 N–H and O–H groups in total. The van der Waals surface area contributed by atoms with Crippen molar-refractivity contribution in [1.29, 1.82) is 0 Å². The molecule has 18 heavy (non-hydrogen) atoms. The fraction of sp³-hybridized carbons (Fsp3) is 0.786. The Labute approximate surface area is 110 Å². The summed E-state index contributed by atoms with van der Waals surface area (Å²) in [5, 5.41) is 7.95. The van der Waals surface area contributed by atoms with Crippen LogP contribution in [0.3, 0.4) is 0 Å². The van der Waals surface area contributed by atoms with Gasteiger partial charge in [-0.2, -0.15) is 5.10 Å². The molecule has 102 valence electrons. The predicted molar refractivity (Wildman–Crippen MR) is 72.8 cm³/mol. The third kappa shape index (κ3) is 4.10. The zero-order valence-electron chi connectivity index (χ0n) is 11.6. The van der Waals surface area contributed by atoms with Gasteiger partial charge in [0, 0.05) is 25.4 Å². The second-order valence-electron chi connectivity index (χ2n) is 5.20. The third-order valence-corrected chi connectivity index (χ3v) is 3.47. The first-order chi connectivity index (χ1) is 8.75. The van der Waals surface area contributed by atoms with Gasteiger partial charge in [-0.05, 0) is 52.1 Å². The van der Waals surface area contributed by atoms with Crippen LogP contribution in [0.15, 0.2) is 6.07 Å². The lowest BCUT2D eigenvalue weighted by Crippen LogP contribution is -2.32. The number of nitrogens with one attached hydrogen (secondary N) is 1. The Morgan fingerprint density at radius 1 is 1.44 bits per heavy atom. The summed E-state index contributed by atoms with van der Waals surface area (Å²) >= 11 is 0. The van der Waals surface area contributed by atoms with E-state index in [0.29, 0.717) is 6.10 Å². The summed E-state index contributed by atoms with van der Waals surface area (Å²) < 4.78 is 7.78. The van der Waals surface area contributed by atoms with Crippen molar-refractivity contribution in [3.8, 4) is 0 Å². The minimum atomic E-state index is 0.437. The van der Waals surface area contributed by atoms with Gasteiger partial charge in [0.1, 0.15) is 0 Å². The molecule has 1 aliphatic heterocycles. The second-order valence-corrected chi connectivity index (χ2v) is 5.20. The Morgan fingerprint density at radius 2 is 2.33 bits per heavy atom. The van der Waals surface area contributed by atoms with Crippen LogP contribution >= 0.6 is 0 Å². The summed E-state index contributed by atoms with van der Waals surface area (Å²) in [5.74, 6) is 0. The minimum Gasteiger partial charge on any atom is -0.377 e. The molecule has 1 atom stereocenters. The molecule has 0 spiro atoms. The maximum absolute atomic E-state index is 5.69. The van der Waals surface area contributed by atoms with Gasteiger partial charge in [0.25, 0.3) is 0 Å². The van der Waals surface area contributed by atoms with Crippen molar-refractivity contribution in [3.05, 3.63) is 17.5 Å². The van der Waals surface area contributed by atoms with E-state index in [-0.39, 0.29) is 0 Å². The number of ether oxygens (including phenoxy) is 1. The standard InChI is InChI=1S/C14H25N3O/c1-12-10-13(2)17(16-12)8-5-7-15-11-14-6-3-4-9-18-14/h10,14-15H,3-9,11H2,1-2H3. The number of nitrogens with zero attached hydrogens (tertiary/aromatic N) is 2. The van der Waals surface area contributed by atoms with Crippen LogP contribution in [0.2, 0.25) is 0 Å². The van der Waals surface area contributed by atoms with E-state index in [2.05, 4.69) is 28.1 Å². The van der Waals surface area contributed by atoms with Crippen molar-refractivity contribution >= 4 is 0 Å². The molecular weight excluding hydrogens is 226 g/mol. The molecule has 0 saturated carbocycles. The van der Waals surface area contributed by atoms with Gasteiger partial charge in [0.05, 0.1) is 11.8 Å². The lowest BCUT2D eigenvalue weighted by atomic mass is 10.1. The molecule has 1 aliphatic rings. The molecule has 2 rings (SSSR count). The first-order valence-electron chi connectivity index (χ1n) is 7.09. The third-order valence-electron chi connectivity index (χ3n) is 3.47. The van der Waals surface area contributed by atoms with Crippen molar-refractivity contribution in [3.63, 3.8) is 0 Å². The van der Waals surface area contributed by atoms with Crippen LogP contribution in [-0.4, -0.2) is 35.6 Å². The van der Waals surface area contributed by atoms with Crippen LogP contribution in [0.4, 0.5) is 0 Å². The molecule has 2 heterocycles. The lowest BCUT2D eigenvalue weighted by Gasteiger charge is -2.22. The zero-order chi connectivity index (χ0) is 12.8. The highest BCUT2D eigenvalue weighted by Crippen LogP contribution is 2.11. The predicted octanol–water partition coefficient (Wildman–Crippen LogP) is 2.05. The average molecular weight is 251 g/mol. The van der Waals surface area contributed by atoms with Crippen LogP contribution in [0, 0.1) is 13.8 Å². The van der Waals surface area contributed by atoms with E-state index < -0.39 is 0 Å². The first kappa shape index (κ1) is 13.6. The fourth-order valence-corrected chi connectivity index (χ4v) is 2.49. The normalized spacial score (nSPS) is 20.2. The Hall–Kier alpha value is -0.870. The molecule has 0 bridgehead atoms. The summed E-state index contributed by atoms with van der Waals surface area (Å²) in [7, 11) is 0. The summed E-state index contributed by atoms with van der Waals surface area (Å²) in [5.41, 5.74) is 2.36. The van der Waals surface area contributed by atoms with Crippen molar-refractivity contribution in [1.82, 2.24) is 15.1 Å². The lowest BCUT2D eigenvalue weighted by molar-refractivity contribution is 0.0170. The summed E-state index contributed by atoms with van der Waals surface area (Å²) in [6.07, 6.45) is 5.32. The van der Waals surface area contributed by atoms with E-state index in [9.17, 15) is 0 Å². The summed E-state index contributed by atoms with van der Waals surface area (Å²) in [6.45, 7) is 8.14. The van der Waals surface area contributed by atoms with E-state index in [1.165, 1.54) is 25.0 Å². The molecule has 4 nitrogen and oxygen atoms in total. The highest BCUT2D eigenvalue weighted by Gasteiger charge is 2.12. The number of aryl methyl sites for hydroxylation is 3. The van der Waals surface area contributed by atoms with E-state index in [1.54, 1.807) is 0 Å². The molecule has 0 amide bonds. The quantitative estimate of drug-likeness (QED) is 0.787. The Kier molecular flexibility index (Phi) is 5.20. The van der Waals surface area contributed by atoms with Crippen LogP contribution in [0.5, 0.6) is 0 Å². The maximum atomic E-state index is 5.69. The van der Waals surface area contributed by atoms with E-state index in [1.807, 2.05) is 6.92 Å². The smallest absolute Gasteiger partial charge is 0.0699 e. The Morgan fingerprint density at radius 3 is 3.00 bits per heavy atom. The van der Waals surface area contributed by atoms with Gasteiger partial charge in [-0.25, -0.2) is 0 Å². The van der Waals surface area contributed by atoms with E-state index >= 15 is 0 Å². The van der Waals surface area contributed by atoms with Gasteiger partial charge in [-0.15, -0.1) is 0 Å². The van der Waals surface area contributed by atoms with Crippen LogP contribution in [-0.2, 0) is 11.3 Å². The number of rotatable bonds is 6. The van der Waals surface area contributed by atoms with Gasteiger partial charge >= 0.3 is 0 Å². The minimum absolute atomic E-state index is 0.437. The molecule has 1 aromatic heterocycles. The van der Waals surface area contributed by atoms with Gasteiger partial charge in [-0.1, -0.05) is 0 Å². The largest absolute Gasteiger partial charge is 0.377 e. The molecule has 4 heteroatoms. The first-order valence-corrected chi connectivity index (χ1v) is 7.09. The highest BCUT2D eigenvalue weighted by atomic mass is 16.5. The number of aromatic nitrogens is 2. The molecule has 1 unspecified atom stereocenters. The highest BCUT2D eigenvalue weighted by molar-refractivity contribution is 5.06. The Balaban J connectivity index is 1.57. The van der Waals surface area contributed by atoms with Crippen LogP contribution in [0.25, 0.3) is 0 Å². The molecule has 0 aliphatic carbocycles. The molecule has 0 aromatic carbocycles. The monoisotopic (exact) mass is 251 g/mol. The number of hydrogen-bond acceptors (Lipinski definition) is 3. The fourth-order valence-electron chi connectivity index (χ4n) is 2.49. The number of hydrogen-bond donors (Lipinski definition) is 1. The van der Waals surface area contributed by atoms with Crippen LogP contribution in [0.1, 0.15) is 37.1 Å². The topological polar surface area (TPSA) is 39.1 Å². The van der Waals surface area contributed by atoms with Crippen molar-refractivity contribution < 1.29 is 4.74 Å². The van der Waals surface area contributed by atoms with Crippen molar-refractivity contribution in [2.75, 3.05) is 19.7 Å². The molecule has 1 fully saturated rings. The SMILES string of the molecule is Cc1cc(C)n(CCCNCC2CCCCO2)n1. The van der Waals surface area contributed by atoms with Crippen molar-refractivity contribution in [2.45, 2.75) is 52.2 Å². The summed E-state index contributed by atoms with van der Waals surface area (Å²) in [4.78, 5) is 0. The van der Waals surface area contributed by atoms with Gasteiger partial charge in [0.15, 0.2) is 0 Å². The maximum Gasteiger partial charge on any atom is 0.0699 e. The second kappa shape index (κ2) is 6.90. The summed E-state index contributed by atoms with van der Waals surface area (Å²) in [6, 6.07) is 2.13. The van der Waals surface area contributed by atoms with Gasteiger partial charge in [-0.3, -0.25) is 4.68 Å². The average Bonchev–Trinajstić information content (AvgIpc) is 2.69. The Bertz CT molecular complexity index is 356. The molecule has 0 radical (unpaired) electrons.